The van der Waals surface area contributed by atoms with E-state index in [4.69, 9.17) is 0 Å². The summed E-state index contributed by atoms with van der Waals surface area (Å²) in [6, 6.07) is 5.84. The summed E-state index contributed by atoms with van der Waals surface area (Å²) < 4.78 is 0. The van der Waals surface area contributed by atoms with Crippen LogP contribution in [0.3, 0.4) is 0 Å². The highest BCUT2D eigenvalue weighted by atomic mass is 16.2. The maximum Gasteiger partial charge on any atom is 0.241 e. The van der Waals surface area contributed by atoms with Crippen molar-refractivity contribution in [2.45, 2.75) is 39.0 Å². The summed E-state index contributed by atoms with van der Waals surface area (Å²) in [5, 5.41) is 0. The number of amides is 2. The molecule has 2 amide bonds. The van der Waals surface area contributed by atoms with Crippen LogP contribution in [0.25, 0.3) is 0 Å². The molecule has 6 heteroatoms. The molecular weight excluding hydrogens is 280 g/mol. The molecule has 22 heavy (non-hydrogen) atoms. The molecule has 120 valence electrons. The van der Waals surface area contributed by atoms with E-state index in [1.54, 1.807) is 6.20 Å². The van der Waals surface area contributed by atoms with Gasteiger partial charge in [-0.15, -0.1) is 0 Å². The highest BCUT2D eigenvalue weighted by Gasteiger charge is 2.25. The summed E-state index contributed by atoms with van der Waals surface area (Å²) in [5.74, 6) is 0.687. The number of hydrazine groups is 1. The summed E-state index contributed by atoms with van der Waals surface area (Å²) in [6.07, 6.45) is 5.58. The lowest BCUT2D eigenvalue weighted by atomic mass is 9.96. The lowest BCUT2D eigenvalue weighted by Crippen LogP contribution is -2.47. The third-order valence-electron chi connectivity index (χ3n) is 3.92. The number of carbonyl (C=O) groups excluding carboxylic acids is 2. The van der Waals surface area contributed by atoms with Crippen LogP contribution in [-0.2, 0) is 9.59 Å². The van der Waals surface area contributed by atoms with E-state index in [2.05, 4.69) is 20.7 Å². The first-order valence-corrected chi connectivity index (χ1v) is 7.95. The largest absolute Gasteiger partial charge is 0.357 e. The van der Waals surface area contributed by atoms with E-state index in [1.165, 1.54) is 0 Å². The van der Waals surface area contributed by atoms with E-state index in [9.17, 15) is 9.59 Å². The molecule has 0 aliphatic carbocycles. The van der Waals surface area contributed by atoms with Gasteiger partial charge in [-0.25, -0.2) is 4.98 Å². The van der Waals surface area contributed by atoms with Gasteiger partial charge in [0.25, 0.3) is 0 Å². The summed E-state index contributed by atoms with van der Waals surface area (Å²) in [6.45, 7) is 3.64. The Morgan fingerprint density at radius 1 is 1.27 bits per heavy atom. The number of nitrogens with one attached hydrogen (secondary N) is 2. The average Bonchev–Trinajstić information content (AvgIpc) is 2.58. The van der Waals surface area contributed by atoms with Crippen molar-refractivity contribution in [2.75, 3.05) is 18.0 Å². The normalized spacial score (nSPS) is 15.4. The van der Waals surface area contributed by atoms with Crippen LogP contribution >= 0.6 is 0 Å². The zero-order chi connectivity index (χ0) is 15.8. The van der Waals surface area contributed by atoms with Gasteiger partial charge in [0.2, 0.25) is 11.8 Å². The van der Waals surface area contributed by atoms with E-state index in [0.717, 1.165) is 44.6 Å². The van der Waals surface area contributed by atoms with Crippen molar-refractivity contribution in [3.05, 3.63) is 24.4 Å². The molecule has 0 atom stereocenters. The Balaban J connectivity index is 1.72. The van der Waals surface area contributed by atoms with Gasteiger partial charge < -0.3 is 4.90 Å². The fourth-order valence-corrected chi connectivity index (χ4v) is 2.54. The van der Waals surface area contributed by atoms with Crippen molar-refractivity contribution in [1.82, 2.24) is 15.8 Å². The molecule has 1 aromatic heterocycles. The predicted molar refractivity (Wildman–Crippen MR) is 85.0 cm³/mol. The van der Waals surface area contributed by atoms with Gasteiger partial charge in [-0.3, -0.25) is 20.4 Å². The molecule has 6 nitrogen and oxygen atoms in total. The Hall–Kier alpha value is -2.11. The summed E-state index contributed by atoms with van der Waals surface area (Å²) in [4.78, 5) is 30.1. The Morgan fingerprint density at radius 2 is 2.05 bits per heavy atom. The fourth-order valence-electron chi connectivity index (χ4n) is 2.54. The molecule has 2 rings (SSSR count). The van der Waals surface area contributed by atoms with E-state index in [1.807, 2.05) is 25.1 Å². The maximum absolute atomic E-state index is 12.1. The van der Waals surface area contributed by atoms with Gasteiger partial charge in [0.05, 0.1) is 0 Å². The highest BCUT2D eigenvalue weighted by Crippen LogP contribution is 2.21. The third kappa shape index (κ3) is 4.72. The molecule has 0 unspecified atom stereocenters. The number of hydrogen-bond acceptors (Lipinski definition) is 4. The summed E-state index contributed by atoms with van der Waals surface area (Å²) >= 11 is 0. The number of anilines is 1. The molecule has 2 N–H and O–H groups in total. The lowest BCUT2D eigenvalue weighted by Gasteiger charge is -2.32. The molecule has 0 saturated carbocycles. The van der Waals surface area contributed by atoms with E-state index in [0.29, 0.717) is 6.42 Å². The Morgan fingerprint density at radius 3 is 2.68 bits per heavy atom. The van der Waals surface area contributed by atoms with Crippen molar-refractivity contribution in [3.8, 4) is 0 Å². The minimum Gasteiger partial charge on any atom is -0.357 e. The molecule has 0 radical (unpaired) electrons. The second-order valence-electron chi connectivity index (χ2n) is 5.59. The number of piperidine rings is 1. The van der Waals surface area contributed by atoms with Crippen LogP contribution in [0.4, 0.5) is 5.82 Å². The van der Waals surface area contributed by atoms with Crippen LogP contribution in [0.5, 0.6) is 0 Å². The lowest BCUT2D eigenvalue weighted by molar-refractivity contribution is -0.131. The zero-order valence-corrected chi connectivity index (χ0v) is 13.0. The fraction of sp³-hybridized carbons (Fsp3) is 0.562. The first-order valence-electron chi connectivity index (χ1n) is 7.95. The van der Waals surface area contributed by atoms with E-state index >= 15 is 0 Å². The predicted octanol–water partition coefficient (Wildman–Crippen LogP) is 1.64. The molecule has 0 bridgehead atoms. The second kappa shape index (κ2) is 8.36. The third-order valence-corrected chi connectivity index (χ3v) is 3.92. The van der Waals surface area contributed by atoms with Crippen molar-refractivity contribution >= 4 is 17.6 Å². The van der Waals surface area contributed by atoms with Crippen LogP contribution < -0.4 is 15.8 Å². The number of carbonyl (C=O) groups is 2. The standard InChI is InChI=1S/C16H24N4O2/c1-2-3-7-15(21)18-19-16(22)13-8-11-20(12-9-13)14-6-4-5-10-17-14/h4-6,10,13H,2-3,7-9,11-12H2,1H3,(H,18,21)(H,19,22). The van der Waals surface area contributed by atoms with Crippen LogP contribution in [0.15, 0.2) is 24.4 Å². The van der Waals surface area contributed by atoms with Crippen LogP contribution in [0, 0.1) is 5.92 Å². The Labute approximate surface area is 131 Å². The van der Waals surface area contributed by atoms with Gasteiger partial charge in [-0.2, -0.15) is 0 Å². The van der Waals surface area contributed by atoms with Crippen LogP contribution in [0.2, 0.25) is 0 Å². The number of pyridine rings is 1. The van der Waals surface area contributed by atoms with Gasteiger partial charge in [0.15, 0.2) is 0 Å². The number of rotatable bonds is 5. The second-order valence-corrected chi connectivity index (χ2v) is 5.59. The molecule has 0 aromatic carbocycles. The quantitative estimate of drug-likeness (QED) is 0.811. The maximum atomic E-state index is 12.1. The Bertz CT molecular complexity index is 484. The Kier molecular flexibility index (Phi) is 6.18. The molecule has 1 aliphatic heterocycles. The minimum atomic E-state index is -0.124. The molecule has 1 aromatic rings. The topological polar surface area (TPSA) is 74.3 Å². The van der Waals surface area contributed by atoms with Crippen LogP contribution in [-0.4, -0.2) is 29.9 Å². The molecular formula is C16H24N4O2. The molecule has 0 spiro atoms. The van der Waals surface area contributed by atoms with Crippen molar-refractivity contribution in [3.63, 3.8) is 0 Å². The van der Waals surface area contributed by atoms with Gasteiger partial charge >= 0.3 is 0 Å². The van der Waals surface area contributed by atoms with Crippen LogP contribution in [0.1, 0.15) is 39.0 Å². The SMILES string of the molecule is CCCCC(=O)NNC(=O)C1CCN(c2ccccn2)CC1. The molecule has 2 heterocycles. The van der Waals surface area contributed by atoms with Gasteiger partial charge in [0, 0.05) is 31.6 Å². The smallest absolute Gasteiger partial charge is 0.241 e. The summed E-state index contributed by atoms with van der Waals surface area (Å²) in [5.41, 5.74) is 5.04. The van der Waals surface area contributed by atoms with Gasteiger partial charge in [-0.1, -0.05) is 19.4 Å². The number of nitrogens with zero attached hydrogens (tertiary/aromatic N) is 2. The molecule has 1 aliphatic rings. The van der Waals surface area contributed by atoms with Gasteiger partial charge in [-0.05, 0) is 31.4 Å². The first kappa shape index (κ1) is 16.3. The summed E-state index contributed by atoms with van der Waals surface area (Å²) in [7, 11) is 0. The van der Waals surface area contributed by atoms with Crippen molar-refractivity contribution < 1.29 is 9.59 Å². The number of hydrogen-bond donors (Lipinski definition) is 2. The van der Waals surface area contributed by atoms with Crippen molar-refractivity contribution in [1.29, 1.82) is 0 Å². The van der Waals surface area contributed by atoms with Gasteiger partial charge in [0.1, 0.15) is 5.82 Å². The molecule has 1 saturated heterocycles. The highest BCUT2D eigenvalue weighted by molar-refractivity contribution is 5.83. The minimum absolute atomic E-state index is 0.0496. The van der Waals surface area contributed by atoms with E-state index < -0.39 is 0 Å². The molecule has 1 fully saturated rings. The monoisotopic (exact) mass is 304 g/mol. The number of unbranched alkanes of at least 4 members (excludes halogenated alkanes) is 1. The average molecular weight is 304 g/mol. The van der Waals surface area contributed by atoms with Crippen molar-refractivity contribution in [2.24, 2.45) is 5.92 Å². The number of aromatic nitrogens is 1. The first-order chi connectivity index (χ1) is 10.7. The zero-order valence-electron chi connectivity index (χ0n) is 13.0. The van der Waals surface area contributed by atoms with E-state index in [-0.39, 0.29) is 17.7 Å².